The average molecular weight is 238 g/mol. The highest BCUT2D eigenvalue weighted by molar-refractivity contribution is 5.72. The number of phenolic OH excluding ortho intramolecular Hbond substituents is 1. The Morgan fingerprint density at radius 1 is 1.35 bits per heavy atom. The Kier molecular flexibility index (Phi) is 5.33. The highest BCUT2D eigenvalue weighted by atomic mass is 16.5. The van der Waals surface area contributed by atoms with Crippen molar-refractivity contribution >= 4 is 5.97 Å². The number of esters is 1. The van der Waals surface area contributed by atoms with E-state index in [0.29, 0.717) is 12.4 Å². The number of rotatable bonds is 6. The van der Waals surface area contributed by atoms with Gasteiger partial charge in [0.2, 0.25) is 0 Å². The summed E-state index contributed by atoms with van der Waals surface area (Å²) in [5.74, 6) is 0.340. The Hall–Kier alpha value is -1.71. The number of hydrogen-bond donors (Lipinski definition) is 1. The molecule has 4 nitrogen and oxygen atoms in total. The summed E-state index contributed by atoms with van der Waals surface area (Å²) in [4.78, 5) is 11.4. The third-order valence-electron chi connectivity index (χ3n) is 2.46. The monoisotopic (exact) mass is 238 g/mol. The molecule has 0 saturated heterocycles. The molecule has 0 saturated carbocycles. The van der Waals surface area contributed by atoms with Crippen molar-refractivity contribution in [2.45, 2.75) is 19.8 Å². The molecule has 1 atom stereocenters. The Morgan fingerprint density at radius 3 is 2.53 bits per heavy atom. The number of carbonyl (C=O) groups excluding carboxylic acids is 1. The second-order valence-corrected chi connectivity index (χ2v) is 3.81. The van der Waals surface area contributed by atoms with Crippen molar-refractivity contribution in [1.82, 2.24) is 0 Å². The summed E-state index contributed by atoms with van der Waals surface area (Å²) in [5.41, 5.74) is 0. The predicted molar refractivity (Wildman–Crippen MR) is 64.0 cm³/mol. The van der Waals surface area contributed by atoms with Gasteiger partial charge in [0.25, 0.3) is 0 Å². The number of phenols is 1. The minimum atomic E-state index is -0.245. The van der Waals surface area contributed by atoms with Gasteiger partial charge < -0.3 is 14.6 Å². The third-order valence-corrected chi connectivity index (χ3v) is 2.46. The molecule has 0 aromatic heterocycles. The van der Waals surface area contributed by atoms with Crippen LogP contribution >= 0.6 is 0 Å². The van der Waals surface area contributed by atoms with Crippen LogP contribution in [0.4, 0.5) is 0 Å². The lowest BCUT2D eigenvalue weighted by molar-refractivity contribution is -0.146. The molecule has 94 valence electrons. The second-order valence-electron chi connectivity index (χ2n) is 3.81. The van der Waals surface area contributed by atoms with E-state index >= 15 is 0 Å². The van der Waals surface area contributed by atoms with E-state index in [-0.39, 0.29) is 17.6 Å². The number of ether oxygens (including phenoxy) is 2. The molecular weight excluding hydrogens is 220 g/mol. The molecule has 0 bridgehead atoms. The van der Waals surface area contributed by atoms with E-state index < -0.39 is 0 Å². The molecule has 4 heteroatoms. The molecule has 0 fully saturated rings. The zero-order valence-electron chi connectivity index (χ0n) is 10.2. The van der Waals surface area contributed by atoms with Gasteiger partial charge >= 0.3 is 5.97 Å². The second kappa shape index (κ2) is 6.78. The molecule has 1 N–H and O–H groups in total. The Bertz CT molecular complexity index is 345. The molecule has 0 heterocycles. The first kappa shape index (κ1) is 13.4. The molecule has 1 aromatic carbocycles. The highest BCUT2D eigenvalue weighted by Gasteiger charge is 2.18. The first-order chi connectivity index (χ1) is 8.17. The number of hydrogen-bond acceptors (Lipinski definition) is 4. The van der Waals surface area contributed by atoms with Crippen molar-refractivity contribution in [3.63, 3.8) is 0 Å². The Morgan fingerprint density at radius 2 is 2.00 bits per heavy atom. The van der Waals surface area contributed by atoms with E-state index in [9.17, 15) is 4.79 Å². The lowest BCUT2D eigenvalue weighted by Crippen LogP contribution is -2.23. The molecule has 17 heavy (non-hydrogen) atoms. The molecule has 0 spiro atoms. The highest BCUT2D eigenvalue weighted by Crippen LogP contribution is 2.18. The van der Waals surface area contributed by atoms with E-state index in [1.807, 2.05) is 6.92 Å². The van der Waals surface area contributed by atoms with Crippen molar-refractivity contribution in [2.75, 3.05) is 13.7 Å². The summed E-state index contributed by atoms with van der Waals surface area (Å²) < 4.78 is 10.2. The van der Waals surface area contributed by atoms with E-state index in [1.54, 1.807) is 24.3 Å². The molecule has 1 unspecified atom stereocenters. The minimum absolute atomic E-state index is 0.190. The first-order valence-electron chi connectivity index (χ1n) is 5.67. The lowest BCUT2D eigenvalue weighted by Gasteiger charge is -2.14. The Balaban J connectivity index is 2.51. The van der Waals surface area contributed by atoms with Gasteiger partial charge in [-0.25, -0.2) is 0 Å². The van der Waals surface area contributed by atoms with Crippen LogP contribution in [-0.4, -0.2) is 24.8 Å². The number of benzene rings is 1. The maximum atomic E-state index is 11.4. The fourth-order valence-corrected chi connectivity index (χ4v) is 1.52. The van der Waals surface area contributed by atoms with Crippen LogP contribution in [0.15, 0.2) is 24.3 Å². The zero-order valence-corrected chi connectivity index (χ0v) is 10.2. The summed E-state index contributed by atoms with van der Waals surface area (Å²) >= 11 is 0. The van der Waals surface area contributed by atoms with E-state index in [2.05, 4.69) is 0 Å². The first-order valence-corrected chi connectivity index (χ1v) is 5.67. The van der Waals surface area contributed by atoms with Gasteiger partial charge in [-0.2, -0.15) is 0 Å². The van der Waals surface area contributed by atoms with Crippen molar-refractivity contribution in [3.05, 3.63) is 24.3 Å². The quantitative estimate of drug-likeness (QED) is 0.773. The van der Waals surface area contributed by atoms with Crippen molar-refractivity contribution in [3.8, 4) is 11.5 Å². The van der Waals surface area contributed by atoms with Gasteiger partial charge in [-0.15, -0.1) is 0 Å². The van der Waals surface area contributed by atoms with E-state index in [1.165, 1.54) is 7.11 Å². The SMILES string of the molecule is CCCC(COc1ccc(O)cc1)C(=O)OC. The summed E-state index contributed by atoms with van der Waals surface area (Å²) in [6.07, 6.45) is 1.64. The van der Waals surface area contributed by atoms with Gasteiger partial charge in [0.15, 0.2) is 0 Å². The number of methoxy groups -OCH3 is 1. The normalized spacial score (nSPS) is 11.9. The van der Waals surface area contributed by atoms with Crippen molar-refractivity contribution in [2.24, 2.45) is 5.92 Å². The van der Waals surface area contributed by atoms with Crippen LogP contribution in [-0.2, 0) is 9.53 Å². The smallest absolute Gasteiger partial charge is 0.312 e. The molecule has 1 aromatic rings. The van der Waals surface area contributed by atoms with Crippen LogP contribution in [0.3, 0.4) is 0 Å². The number of aromatic hydroxyl groups is 1. The fraction of sp³-hybridized carbons (Fsp3) is 0.462. The van der Waals surface area contributed by atoms with Gasteiger partial charge in [0, 0.05) is 0 Å². The predicted octanol–water partition coefficient (Wildman–Crippen LogP) is 2.36. The van der Waals surface area contributed by atoms with Gasteiger partial charge in [-0.05, 0) is 30.7 Å². The third kappa shape index (κ3) is 4.34. The van der Waals surface area contributed by atoms with Crippen molar-refractivity contribution in [1.29, 1.82) is 0 Å². The fourth-order valence-electron chi connectivity index (χ4n) is 1.52. The van der Waals surface area contributed by atoms with E-state index in [4.69, 9.17) is 14.6 Å². The maximum absolute atomic E-state index is 11.4. The van der Waals surface area contributed by atoms with Gasteiger partial charge in [0.05, 0.1) is 13.0 Å². The van der Waals surface area contributed by atoms with Gasteiger partial charge in [-0.3, -0.25) is 4.79 Å². The van der Waals surface area contributed by atoms with Crippen LogP contribution in [0.1, 0.15) is 19.8 Å². The van der Waals surface area contributed by atoms with Crippen LogP contribution in [0.25, 0.3) is 0 Å². The van der Waals surface area contributed by atoms with E-state index in [0.717, 1.165) is 12.8 Å². The Labute approximate surface area is 101 Å². The lowest BCUT2D eigenvalue weighted by atomic mass is 10.1. The summed E-state index contributed by atoms with van der Waals surface area (Å²) in [6.45, 7) is 2.31. The van der Waals surface area contributed by atoms with Crippen LogP contribution in [0.2, 0.25) is 0 Å². The van der Waals surface area contributed by atoms with Crippen LogP contribution in [0.5, 0.6) is 11.5 Å². The molecule has 1 rings (SSSR count). The maximum Gasteiger partial charge on any atom is 0.312 e. The molecular formula is C13H18O4. The minimum Gasteiger partial charge on any atom is -0.508 e. The standard InChI is InChI=1S/C13H18O4/c1-3-4-10(13(15)16-2)9-17-12-7-5-11(14)6-8-12/h5-8,10,14H,3-4,9H2,1-2H3. The topological polar surface area (TPSA) is 55.8 Å². The molecule has 0 aliphatic rings. The molecule has 0 amide bonds. The summed E-state index contributed by atoms with van der Waals surface area (Å²) in [6, 6.07) is 6.41. The number of carbonyl (C=O) groups is 1. The molecule has 0 aliphatic carbocycles. The average Bonchev–Trinajstić information content (AvgIpc) is 2.35. The van der Waals surface area contributed by atoms with Gasteiger partial charge in [0.1, 0.15) is 18.1 Å². The molecule has 0 aliphatic heterocycles. The zero-order chi connectivity index (χ0) is 12.7. The molecule has 0 radical (unpaired) electrons. The van der Waals surface area contributed by atoms with Crippen molar-refractivity contribution < 1.29 is 19.4 Å². The summed E-state index contributed by atoms with van der Waals surface area (Å²) in [5, 5.41) is 9.11. The summed E-state index contributed by atoms with van der Waals surface area (Å²) in [7, 11) is 1.38. The largest absolute Gasteiger partial charge is 0.508 e. The van der Waals surface area contributed by atoms with Gasteiger partial charge in [-0.1, -0.05) is 13.3 Å². The van der Waals surface area contributed by atoms with Crippen LogP contribution in [0, 0.1) is 5.92 Å². The van der Waals surface area contributed by atoms with Crippen LogP contribution < -0.4 is 4.74 Å².